The maximum atomic E-state index is 13.6. The van der Waals surface area contributed by atoms with Crippen molar-refractivity contribution < 1.29 is 13.9 Å². The molecular weight excluding hydrogens is 311 g/mol. The van der Waals surface area contributed by atoms with E-state index in [0.717, 1.165) is 17.1 Å². The second-order valence-corrected chi connectivity index (χ2v) is 5.48. The average molecular weight is 323 g/mol. The summed E-state index contributed by atoms with van der Waals surface area (Å²) in [6.45, 7) is 0.263. The minimum Gasteiger partial charge on any atom is -0.454 e. The fraction of sp³-hybridized carbons (Fsp3) is 0.200. The van der Waals surface area contributed by atoms with E-state index in [1.54, 1.807) is 12.1 Å². The molecule has 0 bridgehead atoms. The Bertz CT molecular complexity index is 600. The molecule has 19 heavy (non-hydrogen) atoms. The fourth-order valence-electron chi connectivity index (χ4n) is 2.08. The molecule has 1 aliphatic rings. The Hall–Kier alpha value is -1.55. The van der Waals surface area contributed by atoms with E-state index >= 15 is 0 Å². The van der Waals surface area contributed by atoms with Crippen molar-refractivity contribution in [3.05, 3.63) is 59.4 Å². The van der Waals surface area contributed by atoms with Crippen molar-refractivity contribution in [1.82, 2.24) is 0 Å². The largest absolute Gasteiger partial charge is 0.454 e. The van der Waals surface area contributed by atoms with Crippen LogP contribution in [0.25, 0.3) is 0 Å². The Morgan fingerprint density at radius 3 is 2.74 bits per heavy atom. The standard InChI is InChI=1S/C15H12BrFO2/c16-12(7-11-3-1-2-4-13(11)17)10-5-6-14-15(8-10)19-9-18-14/h1-6,8,12H,7,9H2. The van der Waals surface area contributed by atoms with Crippen molar-refractivity contribution in [2.24, 2.45) is 0 Å². The van der Waals surface area contributed by atoms with Crippen LogP contribution in [0, 0.1) is 5.82 Å². The molecule has 0 N–H and O–H groups in total. The molecule has 3 rings (SSSR count). The molecule has 1 aliphatic heterocycles. The molecule has 0 amide bonds. The third-order valence-corrected chi connectivity index (χ3v) is 3.97. The molecular formula is C15H12BrFO2. The van der Waals surface area contributed by atoms with Crippen molar-refractivity contribution in [3.8, 4) is 11.5 Å². The lowest BCUT2D eigenvalue weighted by Gasteiger charge is -2.11. The number of rotatable bonds is 3. The zero-order valence-corrected chi connectivity index (χ0v) is 11.7. The molecule has 2 nitrogen and oxygen atoms in total. The summed E-state index contributed by atoms with van der Waals surface area (Å²) in [5, 5.41) is 0. The van der Waals surface area contributed by atoms with E-state index in [1.807, 2.05) is 24.3 Å². The third-order valence-electron chi connectivity index (χ3n) is 3.12. The van der Waals surface area contributed by atoms with Gasteiger partial charge >= 0.3 is 0 Å². The van der Waals surface area contributed by atoms with Gasteiger partial charge in [-0.15, -0.1) is 0 Å². The second-order valence-electron chi connectivity index (χ2n) is 4.38. The number of halogens is 2. The quantitative estimate of drug-likeness (QED) is 0.787. The predicted octanol–water partition coefficient (Wildman–Crippen LogP) is 4.23. The lowest BCUT2D eigenvalue weighted by molar-refractivity contribution is 0.174. The molecule has 4 heteroatoms. The van der Waals surface area contributed by atoms with Gasteiger partial charge in [0.15, 0.2) is 11.5 Å². The van der Waals surface area contributed by atoms with Crippen LogP contribution in [0.2, 0.25) is 0 Å². The Labute approximate surface area is 119 Å². The number of fused-ring (bicyclic) bond motifs is 1. The van der Waals surface area contributed by atoms with Crippen molar-refractivity contribution in [2.75, 3.05) is 6.79 Å². The molecule has 0 fully saturated rings. The number of hydrogen-bond acceptors (Lipinski definition) is 2. The van der Waals surface area contributed by atoms with Gasteiger partial charge in [0.25, 0.3) is 0 Å². The monoisotopic (exact) mass is 322 g/mol. The molecule has 1 unspecified atom stereocenters. The van der Waals surface area contributed by atoms with Gasteiger partial charge in [-0.2, -0.15) is 0 Å². The first-order valence-corrected chi connectivity index (χ1v) is 6.92. The van der Waals surface area contributed by atoms with Crippen LogP contribution >= 0.6 is 15.9 Å². The summed E-state index contributed by atoms with van der Waals surface area (Å²) < 4.78 is 24.2. The van der Waals surface area contributed by atoms with Crippen LogP contribution in [0.4, 0.5) is 4.39 Å². The normalized spacial score (nSPS) is 14.4. The van der Waals surface area contributed by atoms with E-state index in [4.69, 9.17) is 9.47 Å². The fourth-order valence-corrected chi connectivity index (χ4v) is 2.72. The number of hydrogen-bond donors (Lipinski definition) is 0. The van der Waals surface area contributed by atoms with Crippen LogP contribution in [0.15, 0.2) is 42.5 Å². The molecule has 0 saturated carbocycles. The molecule has 1 heterocycles. The Kier molecular flexibility index (Phi) is 3.42. The van der Waals surface area contributed by atoms with Gasteiger partial charge in [0.05, 0.1) is 0 Å². The Balaban J connectivity index is 1.81. The highest BCUT2D eigenvalue weighted by Gasteiger charge is 2.17. The number of ether oxygens (including phenoxy) is 2. The third kappa shape index (κ3) is 2.59. The van der Waals surface area contributed by atoms with E-state index in [9.17, 15) is 4.39 Å². The molecule has 0 spiro atoms. The van der Waals surface area contributed by atoms with Crippen molar-refractivity contribution >= 4 is 15.9 Å². The summed E-state index contributed by atoms with van der Waals surface area (Å²) in [5.74, 6) is 1.33. The summed E-state index contributed by atoms with van der Waals surface area (Å²) in [4.78, 5) is 0.0406. The summed E-state index contributed by atoms with van der Waals surface area (Å²) in [5.41, 5.74) is 1.74. The summed E-state index contributed by atoms with van der Waals surface area (Å²) in [7, 11) is 0. The smallest absolute Gasteiger partial charge is 0.231 e. The first-order chi connectivity index (χ1) is 9.24. The van der Waals surface area contributed by atoms with E-state index in [-0.39, 0.29) is 17.4 Å². The van der Waals surface area contributed by atoms with Gasteiger partial charge in [-0.25, -0.2) is 4.39 Å². The highest BCUT2D eigenvalue weighted by molar-refractivity contribution is 9.09. The number of benzene rings is 2. The zero-order chi connectivity index (χ0) is 13.2. The van der Waals surface area contributed by atoms with Crippen molar-refractivity contribution in [1.29, 1.82) is 0 Å². The van der Waals surface area contributed by atoms with E-state index in [1.165, 1.54) is 6.07 Å². The summed E-state index contributed by atoms with van der Waals surface area (Å²) >= 11 is 3.60. The van der Waals surface area contributed by atoms with Gasteiger partial charge in [-0.3, -0.25) is 0 Å². The topological polar surface area (TPSA) is 18.5 Å². The van der Waals surface area contributed by atoms with Crippen LogP contribution in [-0.2, 0) is 6.42 Å². The van der Waals surface area contributed by atoms with Crippen LogP contribution in [-0.4, -0.2) is 6.79 Å². The molecule has 2 aromatic carbocycles. The maximum absolute atomic E-state index is 13.6. The van der Waals surface area contributed by atoms with Crippen LogP contribution in [0.3, 0.4) is 0 Å². The van der Waals surface area contributed by atoms with Gasteiger partial charge in [0, 0.05) is 4.83 Å². The first-order valence-electron chi connectivity index (χ1n) is 6.01. The Morgan fingerprint density at radius 1 is 1.11 bits per heavy atom. The van der Waals surface area contributed by atoms with Gasteiger partial charge in [0.1, 0.15) is 5.82 Å². The van der Waals surface area contributed by atoms with Gasteiger partial charge in [0.2, 0.25) is 6.79 Å². The molecule has 0 saturated heterocycles. The van der Waals surface area contributed by atoms with Crippen LogP contribution in [0.1, 0.15) is 16.0 Å². The van der Waals surface area contributed by atoms with E-state index in [2.05, 4.69) is 15.9 Å². The maximum Gasteiger partial charge on any atom is 0.231 e. The Morgan fingerprint density at radius 2 is 1.89 bits per heavy atom. The van der Waals surface area contributed by atoms with Crippen molar-refractivity contribution in [2.45, 2.75) is 11.2 Å². The van der Waals surface area contributed by atoms with Crippen molar-refractivity contribution in [3.63, 3.8) is 0 Å². The van der Waals surface area contributed by atoms with E-state index < -0.39 is 0 Å². The summed E-state index contributed by atoms with van der Waals surface area (Å²) in [6, 6.07) is 12.6. The highest BCUT2D eigenvalue weighted by Crippen LogP contribution is 2.37. The second kappa shape index (κ2) is 5.21. The lowest BCUT2D eigenvalue weighted by Crippen LogP contribution is -1.98. The predicted molar refractivity (Wildman–Crippen MR) is 74.3 cm³/mol. The first kappa shape index (κ1) is 12.5. The molecule has 2 aromatic rings. The molecule has 0 aliphatic carbocycles. The molecule has 1 atom stereocenters. The highest BCUT2D eigenvalue weighted by atomic mass is 79.9. The van der Waals surface area contributed by atoms with Gasteiger partial charge in [-0.05, 0) is 35.7 Å². The lowest BCUT2D eigenvalue weighted by atomic mass is 10.0. The molecule has 98 valence electrons. The van der Waals surface area contributed by atoms with Gasteiger partial charge in [-0.1, -0.05) is 40.2 Å². The minimum atomic E-state index is -0.173. The average Bonchev–Trinajstić information content (AvgIpc) is 2.88. The SMILES string of the molecule is Fc1ccccc1CC(Br)c1ccc2c(c1)OCO2. The zero-order valence-electron chi connectivity index (χ0n) is 10.1. The summed E-state index contributed by atoms with van der Waals surface area (Å²) in [6.07, 6.45) is 0.590. The van der Waals surface area contributed by atoms with Crippen LogP contribution in [0.5, 0.6) is 11.5 Å². The van der Waals surface area contributed by atoms with Crippen LogP contribution < -0.4 is 9.47 Å². The molecule has 0 aromatic heterocycles. The molecule has 0 radical (unpaired) electrons. The van der Waals surface area contributed by atoms with Gasteiger partial charge < -0.3 is 9.47 Å². The van der Waals surface area contributed by atoms with E-state index in [0.29, 0.717) is 12.0 Å². The number of alkyl halides is 1. The minimum absolute atomic E-state index is 0.0406.